The highest BCUT2D eigenvalue weighted by Crippen LogP contribution is 2.34. The maximum atomic E-state index is 12.2. The highest BCUT2D eigenvalue weighted by atomic mass is 16.7. The molecule has 30 heavy (non-hydrogen) atoms. The molecule has 1 N–H and O–H groups in total. The number of hydrogen-bond acceptors (Lipinski definition) is 8. The number of hydrazone groups is 1. The summed E-state index contributed by atoms with van der Waals surface area (Å²) in [5.74, 6) is 1.76. The number of nitrogens with one attached hydrogen (secondary N) is 1. The second kappa shape index (κ2) is 7.95. The SMILES string of the molecule is COc1ccc([N+](=O)[O-])cc1-c1ccc(/C=N\NC(=O)c2ccc3c(c2)OCO3)o1. The maximum absolute atomic E-state index is 12.2. The van der Waals surface area contributed by atoms with Gasteiger partial charge in [0.2, 0.25) is 6.79 Å². The summed E-state index contributed by atoms with van der Waals surface area (Å²) in [6, 6.07) is 12.2. The van der Waals surface area contributed by atoms with Crippen LogP contribution in [0.1, 0.15) is 16.1 Å². The summed E-state index contributed by atoms with van der Waals surface area (Å²) in [6.07, 6.45) is 1.32. The Balaban J connectivity index is 1.47. The van der Waals surface area contributed by atoms with E-state index in [1.165, 1.54) is 31.5 Å². The second-order valence-electron chi connectivity index (χ2n) is 6.11. The quantitative estimate of drug-likeness (QED) is 0.376. The van der Waals surface area contributed by atoms with Crippen molar-refractivity contribution in [3.05, 3.63) is 70.0 Å². The number of rotatable bonds is 6. The molecule has 2 aromatic carbocycles. The first kappa shape index (κ1) is 19.0. The molecule has 0 bridgehead atoms. The Morgan fingerprint density at radius 2 is 2.00 bits per heavy atom. The first-order chi connectivity index (χ1) is 14.5. The van der Waals surface area contributed by atoms with Gasteiger partial charge in [-0.3, -0.25) is 14.9 Å². The number of amides is 1. The topological polar surface area (TPSA) is 125 Å². The van der Waals surface area contributed by atoms with Crippen molar-refractivity contribution in [1.82, 2.24) is 5.43 Å². The number of nitro benzene ring substituents is 1. The van der Waals surface area contributed by atoms with E-state index in [9.17, 15) is 14.9 Å². The predicted octanol–water partition coefficient (Wildman–Crippen LogP) is 3.36. The number of benzene rings is 2. The van der Waals surface area contributed by atoms with Crippen LogP contribution in [-0.4, -0.2) is 30.9 Å². The van der Waals surface area contributed by atoms with E-state index < -0.39 is 10.8 Å². The molecule has 0 unspecified atom stereocenters. The van der Waals surface area contributed by atoms with Crippen molar-refractivity contribution in [3.8, 4) is 28.6 Å². The minimum atomic E-state index is -0.500. The molecule has 10 heteroatoms. The summed E-state index contributed by atoms with van der Waals surface area (Å²) < 4.78 is 21.3. The average molecular weight is 409 g/mol. The number of methoxy groups -OCH3 is 1. The van der Waals surface area contributed by atoms with Gasteiger partial charge < -0.3 is 18.6 Å². The first-order valence-corrected chi connectivity index (χ1v) is 8.71. The Morgan fingerprint density at radius 3 is 2.80 bits per heavy atom. The molecule has 3 aromatic rings. The van der Waals surface area contributed by atoms with Gasteiger partial charge in [0, 0.05) is 17.7 Å². The largest absolute Gasteiger partial charge is 0.496 e. The molecule has 2 heterocycles. The second-order valence-corrected chi connectivity index (χ2v) is 6.11. The third-order valence-corrected chi connectivity index (χ3v) is 4.28. The Kier molecular flexibility index (Phi) is 5.04. The van der Waals surface area contributed by atoms with Crippen molar-refractivity contribution < 1.29 is 28.3 Å². The van der Waals surface area contributed by atoms with Crippen molar-refractivity contribution in [1.29, 1.82) is 0 Å². The third kappa shape index (κ3) is 3.78. The Labute approximate surface area is 169 Å². The molecule has 4 rings (SSSR count). The predicted molar refractivity (Wildman–Crippen MR) is 105 cm³/mol. The van der Waals surface area contributed by atoms with Gasteiger partial charge in [-0.2, -0.15) is 5.10 Å². The summed E-state index contributed by atoms with van der Waals surface area (Å²) in [5, 5.41) is 14.9. The van der Waals surface area contributed by atoms with E-state index in [1.807, 2.05) is 0 Å². The van der Waals surface area contributed by atoms with Crippen molar-refractivity contribution >= 4 is 17.8 Å². The molecular formula is C20H15N3O7. The molecule has 0 radical (unpaired) electrons. The lowest BCUT2D eigenvalue weighted by Crippen LogP contribution is -2.17. The van der Waals surface area contributed by atoms with Gasteiger partial charge >= 0.3 is 0 Å². The fraction of sp³-hybridized carbons (Fsp3) is 0.100. The molecule has 0 spiro atoms. The molecule has 1 aliphatic heterocycles. The van der Waals surface area contributed by atoms with E-state index in [2.05, 4.69) is 10.5 Å². The van der Waals surface area contributed by atoms with Crippen LogP contribution < -0.4 is 19.6 Å². The number of carbonyl (C=O) groups excluding carboxylic acids is 1. The Morgan fingerprint density at radius 1 is 1.17 bits per heavy atom. The van der Waals surface area contributed by atoms with Crippen LogP contribution in [0.25, 0.3) is 11.3 Å². The molecule has 0 fully saturated rings. The lowest BCUT2D eigenvalue weighted by Gasteiger charge is -2.05. The Bertz CT molecular complexity index is 1150. The standard InChI is InChI=1S/C20H15N3O7/c1-27-16-6-3-13(23(25)26)9-15(16)17-7-4-14(30-17)10-21-22-20(24)12-2-5-18-19(8-12)29-11-28-18/h2-10H,11H2,1H3,(H,22,24)/b21-10-. The van der Waals surface area contributed by atoms with E-state index in [0.29, 0.717) is 39.9 Å². The van der Waals surface area contributed by atoms with E-state index >= 15 is 0 Å². The van der Waals surface area contributed by atoms with E-state index in [0.717, 1.165) is 0 Å². The fourth-order valence-electron chi connectivity index (χ4n) is 2.83. The lowest BCUT2D eigenvalue weighted by molar-refractivity contribution is -0.384. The zero-order valence-corrected chi connectivity index (χ0v) is 15.7. The first-order valence-electron chi connectivity index (χ1n) is 8.71. The smallest absolute Gasteiger partial charge is 0.271 e. The monoisotopic (exact) mass is 409 g/mol. The summed E-state index contributed by atoms with van der Waals surface area (Å²) in [5.41, 5.74) is 3.09. The van der Waals surface area contributed by atoms with Crippen LogP contribution in [0.15, 0.2) is 58.0 Å². The molecule has 1 aliphatic rings. The summed E-state index contributed by atoms with van der Waals surface area (Å²) in [6.45, 7) is 0.120. The molecule has 0 atom stereocenters. The highest BCUT2D eigenvalue weighted by Gasteiger charge is 2.17. The molecular weight excluding hydrogens is 394 g/mol. The minimum Gasteiger partial charge on any atom is -0.496 e. The van der Waals surface area contributed by atoms with Gasteiger partial charge in [0.05, 0.1) is 23.8 Å². The lowest BCUT2D eigenvalue weighted by atomic mass is 10.1. The van der Waals surface area contributed by atoms with Gasteiger partial charge in [-0.1, -0.05) is 0 Å². The van der Waals surface area contributed by atoms with Crippen molar-refractivity contribution in [2.75, 3.05) is 13.9 Å². The number of fused-ring (bicyclic) bond motifs is 1. The molecule has 0 saturated heterocycles. The van der Waals surface area contributed by atoms with E-state index in [-0.39, 0.29) is 12.5 Å². The fourth-order valence-corrected chi connectivity index (χ4v) is 2.83. The van der Waals surface area contributed by atoms with Crippen molar-refractivity contribution in [2.24, 2.45) is 5.10 Å². The van der Waals surface area contributed by atoms with Crippen molar-refractivity contribution in [3.63, 3.8) is 0 Å². The van der Waals surface area contributed by atoms with Crippen LogP contribution in [0.3, 0.4) is 0 Å². The minimum absolute atomic E-state index is 0.0894. The zero-order chi connectivity index (χ0) is 21.1. The molecule has 0 aliphatic carbocycles. The number of nitrogens with zero attached hydrogens (tertiary/aromatic N) is 2. The van der Waals surface area contributed by atoms with Gasteiger partial charge in [0.15, 0.2) is 11.5 Å². The summed E-state index contributed by atoms with van der Waals surface area (Å²) in [4.78, 5) is 22.7. The van der Waals surface area contributed by atoms with Crippen molar-refractivity contribution in [2.45, 2.75) is 0 Å². The van der Waals surface area contributed by atoms with Crippen LogP contribution in [0.2, 0.25) is 0 Å². The zero-order valence-electron chi connectivity index (χ0n) is 15.7. The third-order valence-electron chi connectivity index (χ3n) is 4.28. The number of nitro groups is 1. The molecule has 1 amide bonds. The van der Waals surface area contributed by atoms with Gasteiger partial charge in [-0.05, 0) is 36.4 Å². The van der Waals surface area contributed by atoms with E-state index in [1.54, 1.807) is 30.3 Å². The summed E-state index contributed by atoms with van der Waals surface area (Å²) >= 11 is 0. The Hall–Kier alpha value is -4.34. The number of furan rings is 1. The molecule has 10 nitrogen and oxygen atoms in total. The number of non-ortho nitro benzene ring substituents is 1. The van der Waals surface area contributed by atoms with Gasteiger partial charge in [-0.25, -0.2) is 5.43 Å². The number of hydrogen-bond donors (Lipinski definition) is 1. The molecule has 152 valence electrons. The average Bonchev–Trinajstić information content (AvgIpc) is 3.42. The van der Waals surface area contributed by atoms with Crippen LogP contribution in [-0.2, 0) is 0 Å². The van der Waals surface area contributed by atoms with Crippen LogP contribution in [0.4, 0.5) is 5.69 Å². The highest BCUT2D eigenvalue weighted by molar-refractivity contribution is 5.95. The maximum Gasteiger partial charge on any atom is 0.271 e. The number of carbonyl (C=O) groups is 1. The van der Waals surface area contributed by atoms with Crippen LogP contribution in [0.5, 0.6) is 17.2 Å². The van der Waals surface area contributed by atoms with Gasteiger partial charge in [0.1, 0.15) is 17.3 Å². The normalized spacial score (nSPS) is 12.2. The van der Waals surface area contributed by atoms with Gasteiger partial charge in [0.25, 0.3) is 11.6 Å². The number of ether oxygens (including phenoxy) is 3. The van der Waals surface area contributed by atoms with Crippen LogP contribution >= 0.6 is 0 Å². The van der Waals surface area contributed by atoms with Crippen LogP contribution in [0, 0.1) is 10.1 Å². The summed E-state index contributed by atoms with van der Waals surface area (Å²) in [7, 11) is 1.46. The van der Waals surface area contributed by atoms with E-state index in [4.69, 9.17) is 18.6 Å². The molecule has 0 saturated carbocycles. The molecule has 1 aromatic heterocycles. The van der Waals surface area contributed by atoms with Gasteiger partial charge in [-0.15, -0.1) is 0 Å².